The molecule has 2 aliphatic heterocycles. The Morgan fingerprint density at radius 1 is 1.06 bits per heavy atom. The Kier molecular flexibility index (Phi) is 6.06. The second-order valence-electron chi connectivity index (χ2n) is 7.58. The number of esters is 1. The highest BCUT2D eigenvalue weighted by Crippen LogP contribution is 2.29. The van der Waals surface area contributed by atoms with Gasteiger partial charge in [-0.1, -0.05) is 30.3 Å². The molecule has 0 aromatic heterocycles. The van der Waals surface area contributed by atoms with E-state index in [9.17, 15) is 14.4 Å². The molecular formula is C23H25N3O5. The molecule has 0 spiro atoms. The zero-order valence-corrected chi connectivity index (χ0v) is 17.3. The Bertz CT molecular complexity index is 957. The number of nitrogens with zero attached hydrogens (tertiary/aromatic N) is 2. The van der Waals surface area contributed by atoms with Crippen molar-refractivity contribution < 1.29 is 23.9 Å². The minimum atomic E-state index is -0.987. The summed E-state index contributed by atoms with van der Waals surface area (Å²) < 4.78 is 10.9. The van der Waals surface area contributed by atoms with E-state index in [-0.39, 0.29) is 12.3 Å². The van der Waals surface area contributed by atoms with Crippen LogP contribution in [0.3, 0.4) is 0 Å². The molecule has 8 nitrogen and oxygen atoms in total. The lowest BCUT2D eigenvalue weighted by Gasteiger charge is -2.37. The van der Waals surface area contributed by atoms with Crippen LogP contribution in [0.4, 0.5) is 11.4 Å². The van der Waals surface area contributed by atoms with Gasteiger partial charge >= 0.3 is 5.97 Å². The third-order valence-electron chi connectivity index (χ3n) is 5.43. The zero-order valence-electron chi connectivity index (χ0n) is 17.3. The molecule has 0 radical (unpaired) electrons. The zero-order chi connectivity index (χ0) is 21.8. The van der Waals surface area contributed by atoms with E-state index in [0.29, 0.717) is 37.6 Å². The predicted molar refractivity (Wildman–Crippen MR) is 115 cm³/mol. The van der Waals surface area contributed by atoms with Crippen LogP contribution in [0.15, 0.2) is 54.6 Å². The van der Waals surface area contributed by atoms with Crippen LogP contribution in [0.5, 0.6) is 5.75 Å². The normalized spacial score (nSPS) is 19.0. The molecule has 2 heterocycles. The third-order valence-corrected chi connectivity index (χ3v) is 5.43. The summed E-state index contributed by atoms with van der Waals surface area (Å²) in [6.07, 6.45) is -2.17. The Morgan fingerprint density at radius 3 is 2.48 bits per heavy atom. The molecule has 4 rings (SSSR count). The van der Waals surface area contributed by atoms with E-state index in [2.05, 4.69) is 10.2 Å². The lowest BCUT2D eigenvalue weighted by Crippen LogP contribution is -2.51. The first-order valence-corrected chi connectivity index (χ1v) is 10.4. The molecule has 31 heavy (non-hydrogen) atoms. The summed E-state index contributed by atoms with van der Waals surface area (Å²) >= 11 is 0. The number of rotatable bonds is 5. The Hall–Kier alpha value is -3.55. The average Bonchev–Trinajstić information content (AvgIpc) is 2.79. The first-order chi connectivity index (χ1) is 15.0. The number of fused-ring (bicyclic) bond motifs is 1. The second kappa shape index (κ2) is 9.07. The minimum Gasteiger partial charge on any atom is -0.478 e. The van der Waals surface area contributed by atoms with Gasteiger partial charge in [0.2, 0.25) is 0 Å². The highest BCUT2D eigenvalue weighted by atomic mass is 16.6. The maximum absolute atomic E-state index is 12.7. The molecule has 1 N–H and O–H groups in total. The number of hydrogen-bond acceptors (Lipinski definition) is 6. The van der Waals surface area contributed by atoms with Crippen LogP contribution in [0.25, 0.3) is 0 Å². The van der Waals surface area contributed by atoms with Crippen LogP contribution in [0.2, 0.25) is 0 Å². The van der Waals surface area contributed by atoms with Gasteiger partial charge in [-0.3, -0.25) is 14.4 Å². The first-order valence-electron chi connectivity index (χ1n) is 10.4. The van der Waals surface area contributed by atoms with E-state index < -0.39 is 24.1 Å². The number of anilines is 2. The number of piperazine rings is 1. The lowest BCUT2D eigenvalue weighted by molar-refractivity contribution is -0.161. The van der Waals surface area contributed by atoms with Crippen molar-refractivity contribution in [3.63, 3.8) is 0 Å². The quantitative estimate of drug-likeness (QED) is 0.741. The average molecular weight is 423 g/mol. The van der Waals surface area contributed by atoms with Gasteiger partial charge in [0.05, 0.1) is 12.1 Å². The molecule has 2 aromatic rings. The van der Waals surface area contributed by atoms with E-state index in [4.69, 9.17) is 9.47 Å². The fourth-order valence-electron chi connectivity index (χ4n) is 3.76. The number of benzene rings is 2. The van der Waals surface area contributed by atoms with Crippen molar-refractivity contribution in [1.82, 2.24) is 4.90 Å². The van der Waals surface area contributed by atoms with Crippen molar-refractivity contribution in [3.05, 3.63) is 54.6 Å². The third kappa shape index (κ3) is 4.79. The molecule has 0 unspecified atom stereocenters. The Balaban J connectivity index is 1.26. The van der Waals surface area contributed by atoms with Gasteiger partial charge in [0.25, 0.3) is 11.8 Å². The monoisotopic (exact) mass is 423 g/mol. The summed E-state index contributed by atoms with van der Waals surface area (Å²) in [5.74, 6) is -0.796. The standard InChI is InChI=1S/C23H25N3O5/c1-16(23(29)26-13-11-25(12-14-26)17-7-3-2-4-8-17)30-21(27)15-20-22(28)24-18-9-5-6-10-19(18)31-20/h2-10,16,20H,11-15H2,1H3,(H,24,28)/t16-,20-/m0/s1. The van der Waals surface area contributed by atoms with E-state index in [1.54, 1.807) is 36.1 Å². The molecule has 8 heteroatoms. The first kappa shape index (κ1) is 20.7. The highest BCUT2D eigenvalue weighted by molar-refractivity contribution is 5.99. The summed E-state index contributed by atoms with van der Waals surface area (Å²) in [6, 6.07) is 17.0. The topological polar surface area (TPSA) is 88.2 Å². The van der Waals surface area contributed by atoms with Crippen LogP contribution in [0.1, 0.15) is 13.3 Å². The van der Waals surface area contributed by atoms with Crippen molar-refractivity contribution >= 4 is 29.2 Å². The van der Waals surface area contributed by atoms with Crippen LogP contribution < -0.4 is 15.0 Å². The SMILES string of the molecule is C[C@H](OC(=O)C[C@@H]1Oc2ccccc2NC1=O)C(=O)N1CCN(c2ccccc2)CC1. The van der Waals surface area contributed by atoms with E-state index in [1.807, 2.05) is 30.3 Å². The smallest absolute Gasteiger partial charge is 0.310 e. The molecule has 2 amide bonds. The molecule has 2 aliphatic rings. The molecule has 2 atom stereocenters. The van der Waals surface area contributed by atoms with Gasteiger partial charge in [0.1, 0.15) is 5.75 Å². The minimum absolute atomic E-state index is 0.236. The number of ether oxygens (including phenoxy) is 2. The van der Waals surface area contributed by atoms with E-state index in [0.717, 1.165) is 5.69 Å². The molecular weight excluding hydrogens is 398 g/mol. The number of hydrogen-bond donors (Lipinski definition) is 1. The Labute approximate surface area is 180 Å². The van der Waals surface area contributed by atoms with Crippen LogP contribution in [-0.2, 0) is 19.1 Å². The molecule has 2 aromatic carbocycles. The molecule has 0 bridgehead atoms. The van der Waals surface area contributed by atoms with E-state index in [1.165, 1.54) is 0 Å². The van der Waals surface area contributed by atoms with Gasteiger partial charge in [-0.15, -0.1) is 0 Å². The van der Waals surface area contributed by atoms with Crippen molar-refractivity contribution in [2.24, 2.45) is 0 Å². The fourth-order valence-corrected chi connectivity index (χ4v) is 3.76. The van der Waals surface area contributed by atoms with Gasteiger partial charge in [-0.2, -0.15) is 0 Å². The van der Waals surface area contributed by atoms with Crippen molar-refractivity contribution in [3.8, 4) is 5.75 Å². The van der Waals surface area contributed by atoms with Crippen LogP contribution in [-0.4, -0.2) is 61.1 Å². The predicted octanol–water partition coefficient (Wildman–Crippen LogP) is 2.06. The summed E-state index contributed by atoms with van der Waals surface area (Å²) in [5.41, 5.74) is 1.69. The van der Waals surface area contributed by atoms with Crippen molar-refractivity contribution in [2.45, 2.75) is 25.6 Å². The molecule has 1 fully saturated rings. The molecule has 162 valence electrons. The summed E-state index contributed by atoms with van der Waals surface area (Å²) in [7, 11) is 0. The largest absolute Gasteiger partial charge is 0.478 e. The summed E-state index contributed by atoms with van der Waals surface area (Å²) in [4.78, 5) is 41.2. The second-order valence-corrected chi connectivity index (χ2v) is 7.58. The molecule has 0 aliphatic carbocycles. The summed E-state index contributed by atoms with van der Waals surface area (Å²) in [5, 5.41) is 2.71. The number of amides is 2. The number of nitrogens with one attached hydrogen (secondary N) is 1. The number of para-hydroxylation sites is 3. The number of carbonyl (C=O) groups is 3. The van der Waals surface area contributed by atoms with Crippen LogP contribution in [0, 0.1) is 0 Å². The fraction of sp³-hybridized carbons (Fsp3) is 0.348. The highest BCUT2D eigenvalue weighted by Gasteiger charge is 2.32. The Morgan fingerprint density at radius 2 is 1.74 bits per heavy atom. The molecule has 1 saturated heterocycles. The number of carbonyl (C=O) groups excluding carboxylic acids is 3. The summed E-state index contributed by atoms with van der Waals surface area (Å²) in [6.45, 7) is 4.10. The van der Waals surface area contributed by atoms with Gasteiger partial charge in [-0.25, -0.2) is 0 Å². The lowest BCUT2D eigenvalue weighted by atomic mass is 10.1. The van der Waals surface area contributed by atoms with Crippen LogP contribution >= 0.6 is 0 Å². The van der Waals surface area contributed by atoms with Gasteiger partial charge < -0.3 is 24.6 Å². The van der Waals surface area contributed by atoms with Crippen molar-refractivity contribution in [2.75, 3.05) is 36.4 Å². The van der Waals surface area contributed by atoms with E-state index >= 15 is 0 Å². The molecule has 0 saturated carbocycles. The van der Waals surface area contributed by atoms with Crippen molar-refractivity contribution in [1.29, 1.82) is 0 Å². The van der Waals surface area contributed by atoms with Gasteiger partial charge in [0.15, 0.2) is 12.2 Å². The van der Waals surface area contributed by atoms with Gasteiger partial charge in [0, 0.05) is 31.9 Å². The van der Waals surface area contributed by atoms with Gasteiger partial charge in [-0.05, 0) is 31.2 Å². The maximum Gasteiger partial charge on any atom is 0.310 e. The maximum atomic E-state index is 12.7.